The second-order valence-electron chi connectivity index (χ2n) is 6.09. The Bertz CT molecular complexity index is 436. The van der Waals surface area contributed by atoms with Crippen molar-refractivity contribution in [1.29, 1.82) is 0 Å². The Labute approximate surface area is 129 Å². The number of hydrogen-bond donors (Lipinski definition) is 1. The van der Waals surface area contributed by atoms with Crippen molar-refractivity contribution in [3.05, 3.63) is 29.8 Å². The van der Waals surface area contributed by atoms with Gasteiger partial charge >= 0.3 is 0 Å². The molecule has 0 bridgehead atoms. The van der Waals surface area contributed by atoms with Crippen LogP contribution in [0.5, 0.6) is 5.75 Å². The molecule has 0 saturated carbocycles. The Hall–Kier alpha value is -1.10. The third kappa shape index (κ3) is 4.19. The van der Waals surface area contributed by atoms with Crippen LogP contribution in [-0.4, -0.2) is 63.2 Å². The van der Waals surface area contributed by atoms with Crippen molar-refractivity contribution >= 4 is 0 Å². The fourth-order valence-electron chi connectivity index (χ4n) is 3.00. The van der Waals surface area contributed by atoms with Crippen LogP contribution in [0.15, 0.2) is 24.3 Å². The summed E-state index contributed by atoms with van der Waals surface area (Å²) >= 11 is 0. The Morgan fingerprint density at radius 3 is 2.67 bits per heavy atom. The summed E-state index contributed by atoms with van der Waals surface area (Å²) in [6.07, 6.45) is 1.18. The molecule has 2 unspecified atom stereocenters. The van der Waals surface area contributed by atoms with Crippen molar-refractivity contribution in [2.45, 2.75) is 25.4 Å². The summed E-state index contributed by atoms with van der Waals surface area (Å²) < 4.78 is 5.97. The lowest BCUT2D eigenvalue weighted by Crippen LogP contribution is -2.49. The van der Waals surface area contributed by atoms with Crippen molar-refractivity contribution < 1.29 is 4.74 Å². The maximum atomic E-state index is 5.97. The number of nitrogens with zero attached hydrogens (tertiary/aromatic N) is 2. The lowest BCUT2D eigenvalue weighted by molar-refractivity contribution is 0.104. The van der Waals surface area contributed by atoms with Gasteiger partial charge in [-0.2, -0.15) is 0 Å². The second kappa shape index (κ2) is 7.78. The largest absolute Gasteiger partial charge is 0.492 e. The molecular weight excluding hydrogens is 262 g/mol. The summed E-state index contributed by atoms with van der Waals surface area (Å²) in [7, 11) is 6.46. The Balaban J connectivity index is 2.05. The fourth-order valence-corrected chi connectivity index (χ4v) is 3.00. The normalized spacial score (nSPS) is 21.4. The molecule has 2 atom stereocenters. The first-order valence-electron chi connectivity index (χ1n) is 7.93. The second-order valence-corrected chi connectivity index (χ2v) is 6.09. The van der Waals surface area contributed by atoms with Crippen LogP contribution in [0.1, 0.15) is 24.9 Å². The highest BCUT2D eigenvalue weighted by molar-refractivity contribution is 5.38. The van der Waals surface area contributed by atoms with Crippen molar-refractivity contribution in [1.82, 2.24) is 15.1 Å². The van der Waals surface area contributed by atoms with E-state index in [1.165, 1.54) is 12.0 Å². The molecule has 1 N–H and O–H groups in total. The minimum Gasteiger partial charge on any atom is -0.492 e. The average molecular weight is 291 g/mol. The molecule has 1 aromatic rings. The van der Waals surface area contributed by atoms with E-state index >= 15 is 0 Å². The number of rotatable bonds is 7. The van der Waals surface area contributed by atoms with E-state index in [4.69, 9.17) is 4.74 Å². The highest BCUT2D eigenvalue weighted by atomic mass is 16.5. The van der Waals surface area contributed by atoms with Gasteiger partial charge in [-0.05, 0) is 53.3 Å². The molecule has 2 rings (SSSR count). The van der Waals surface area contributed by atoms with Gasteiger partial charge in [-0.25, -0.2) is 0 Å². The van der Waals surface area contributed by atoms with Gasteiger partial charge in [-0.15, -0.1) is 0 Å². The molecular formula is C17H29N3O. The number of fused-ring (bicyclic) bond motifs is 1. The molecule has 4 nitrogen and oxygen atoms in total. The molecule has 118 valence electrons. The van der Waals surface area contributed by atoms with Crippen LogP contribution in [0, 0.1) is 0 Å². The highest BCUT2D eigenvalue weighted by Gasteiger charge is 2.32. The summed E-state index contributed by atoms with van der Waals surface area (Å²) in [5.74, 6) is 1.03. The van der Waals surface area contributed by atoms with Crippen LogP contribution < -0.4 is 10.1 Å². The van der Waals surface area contributed by atoms with E-state index in [1.54, 1.807) is 0 Å². The first-order chi connectivity index (χ1) is 10.1. The van der Waals surface area contributed by atoms with Gasteiger partial charge in [0.1, 0.15) is 12.4 Å². The van der Waals surface area contributed by atoms with Crippen LogP contribution in [0.25, 0.3) is 0 Å². The third-order valence-corrected chi connectivity index (χ3v) is 4.15. The Morgan fingerprint density at radius 2 is 1.95 bits per heavy atom. The van der Waals surface area contributed by atoms with E-state index in [0.29, 0.717) is 12.1 Å². The SMILES string of the molecule is CCNC1c2ccccc2OCC1N(C)CCCN(C)C. The average Bonchev–Trinajstić information content (AvgIpc) is 2.47. The third-order valence-electron chi connectivity index (χ3n) is 4.15. The van der Waals surface area contributed by atoms with Crippen molar-refractivity contribution in [3.63, 3.8) is 0 Å². The molecule has 0 aliphatic carbocycles. The van der Waals surface area contributed by atoms with Crippen LogP contribution >= 0.6 is 0 Å². The molecule has 0 radical (unpaired) electrons. The number of likely N-dealkylation sites (N-methyl/N-ethyl adjacent to an activating group) is 2. The number of nitrogens with one attached hydrogen (secondary N) is 1. The van der Waals surface area contributed by atoms with Gasteiger partial charge in [0, 0.05) is 5.56 Å². The molecule has 4 heteroatoms. The van der Waals surface area contributed by atoms with E-state index < -0.39 is 0 Å². The zero-order valence-corrected chi connectivity index (χ0v) is 13.8. The standard InChI is InChI=1S/C17H29N3O/c1-5-18-17-14-9-6-7-10-16(14)21-13-15(17)20(4)12-8-11-19(2)3/h6-7,9-10,15,17-18H,5,8,11-13H2,1-4H3. The van der Waals surface area contributed by atoms with Crippen molar-refractivity contribution in [2.75, 3.05) is 47.4 Å². The summed E-state index contributed by atoms with van der Waals surface area (Å²) in [6.45, 7) is 6.12. The van der Waals surface area contributed by atoms with Gasteiger partial charge in [0.05, 0.1) is 12.1 Å². The fraction of sp³-hybridized carbons (Fsp3) is 0.647. The smallest absolute Gasteiger partial charge is 0.124 e. The first-order valence-corrected chi connectivity index (χ1v) is 7.93. The predicted molar refractivity (Wildman–Crippen MR) is 87.9 cm³/mol. The molecule has 0 aromatic heterocycles. The number of para-hydroxylation sites is 1. The topological polar surface area (TPSA) is 27.7 Å². The van der Waals surface area contributed by atoms with E-state index in [-0.39, 0.29) is 0 Å². The first kappa shape index (κ1) is 16.3. The number of ether oxygens (including phenoxy) is 1. The number of hydrogen-bond acceptors (Lipinski definition) is 4. The van der Waals surface area contributed by atoms with Gasteiger partial charge in [0.15, 0.2) is 0 Å². The maximum Gasteiger partial charge on any atom is 0.124 e. The van der Waals surface area contributed by atoms with E-state index in [9.17, 15) is 0 Å². The predicted octanol–water partition coefficient (Wildman–Crippen LogP) is 1.98. The maximum absolute atomic E-state index is 5.97. The Kier molecular flexibility index (Phi) is 6.03. The molecule has 1 aliphatic heterocycles. The zero-order chi connectivity index (χ0) is 15.2. The lowest BCUT2D eigenvalue weighted by Gasteiger charge is -2.39. The van der Waals surface area contributed by atoms with Crippen molar-refractivity contribution in [2.24, 2.45) is 0 Å². The minimum absolute atomic E-state index is 0.351. The van der Waals surface area contributed by atoms with Crippen LogP contribution in [-0.2, 0) is 0 Å². The van der Waals surface area contributed by atoms with Gasteiger partial charge in [-0.3, -0.25) is 4.90 Å². The molecule has 0 amide bonds. The van der Waals surface area contributed by atoms with Crippen LogP contribution in [0.4, 0.5) is 0 Å². The monoisotopic (exact) mass is 291 g/mol. The zero-order valence-electron chi connectivity index (χ0n) is 13.8. The van der Waals surface area contributed by atoms with E-state index in [2.05, 4.69) is 61.4 Å². The van der Waals surface area contributed by atoms with Gasteiger partial charge in [0.25, 0.3) is 0 Å². The quantitative estimate of drug-likeness (QED) is 0.831. The Morgan fingerprint density at radius 1 is 1.19 bits per heavy atom. The van der Waals surface area contributed by atoms with Crippen molar-refractivity contribution in [3.8, 4) is 5.75 Å². The van der Waals surface area contributed by atoms with Crippen LogP contribution in [0.2, 0.25) is 0 Å². The van der Waals surface area contributed by atoms with Crippen LogP contribution in [0.3, 0.4) is 0 Å². The number of benzene rings is 1. The van der Waals surface area contributed by atoms with Gasteiger partial charge < -0.3 is 15.0 Å². The minimum atomic E-state index is 0.351. The van der Waals surface area contributed by atoms with E-state index in [1.807, 2.05) is 6.07 Å². The van der Waals surface area contributed by atoms with E-state index in [0.717, 1.165) is 32.0 Å². The molecule has 1 heterocycles. The molecule has 0 fully saturated rings. The summed E-state index contributed by atoms with van der Waals surface area (Å²) in [4.78, 5) is 4.68. The summed E-state index contributed by atoms with van der Waals surface area (Å²) in [5, 5.41) is 3.64. The molecule has 0 spiro atoms. The molecule has 0 saturated heterocycles. The summed E-state index contributed by atoms with van der Waals surface area (Å²) in [6, 6.07) is 9.14. The summed E-state index contributed by atoms with van der Waals surface area (Å²) in [5.41, 5.74) is 1.29. The highest BCUT2D eigenvalue weighted by Crippen LogP contribution is 2.33. The molecule has 21 heavy (non-hydrogen) atoms. The molecule has 1 aromatic carbocycles. The lowest BCUT2D eigenvalue weighted by atomic mass is 9.95. The van der Waals surface area contributed by atoms with Gasteiger partial charge in [0.2, 0.25) is 0 Å². The molecule has 1 aliphatic rings. The van der Waals surface area contributed by atoms with Gasteiger partial charge in [-0.1, -0.05) is 25.1 Å².